The summed E-state index contributed by atoms with van der Waals surface area (Å²) in [6, 6.07) is 5.45. The molecule has 1 saturated heterocycles. The predicted octanol–water partition coefficient (Wildman–Crippen LogP) is 3.29. The molecule has 1 heterocycles. The van der Waals surface area contributed by atoms with Crippen LogP contribution in [0.25, 0.3) is 0 Å². The first-order chi connectivity index (χ1) is 7.70. The second kappa shape index (κ2) is 5.43. The highest BCUT2D eigenvalue weighted by atomic mass is 79.9. The summed E-state index contributed by atoms with van der Waals surface area (Å²) in [6.45, 7) is 1.62. The molecule has 2 rings (SSSR count). The van der Waals surface area contributed by atoms with Gasteiger partial charge in [0.25, 0.3) is 5.91 Å². The van der Waals surface area contributed by atoms with Crippen LogP contribution in [0.5, 0.6) is 0 Å². The molecule has 1 aromatic carbocycles. The third kappa shape index (κ3) is 2.55. The highest BCUT2D eigenvalue weighted by Gasteiger charge is 2.20. The van der Waals surface area contributed by atoms with E-state index in [1.54, 1.807) is 6.07 Å². The molecule has 1 aliphatic heterocycles. The van der Waals surface area contributed by atoms with E-state index < -0.39 is 0 Å². The van der Waals surface area contributed by atoms with E-state index in [0.717, 1.165) is 29.1 Å². The third-order valence-corrected chi connectivity index (χ3v) is 4.72. The number of nitrogens with zero attached hydrogens (tertiary/aromatic N) is 1. The summed E-state index contributed by atoms with van der Waals surface area (Å²) >= 11 is 11.3. The van der Waals surface area contributed by atoms with Crippen LogP contribution in [0, 0.1) is 0 Å². The average Bonchev–Trinajstić information content (AvgIpc) is 2.33. The maximum Gasteiger partial charge on any atom is 0.255 e. The van der Waals surface area contributed by atoms with E-state index in [-0.39, 0.29) is 5.91 Å². The van der Waals surface area contributed by atoms with Crippen molar-refractivity contribution >= 4 is 45.2 Å². The quantitative estimate of drug-likeness (QED) is 0.791. The van der Waals surface area contributed by atoms with Crippen LogP contribution in [0.15, 0.2) is 22.7 Å². The zero-order valence-electron chi connectivity index (χ0n) is 8.58. The van der Waals surface area contributed by atoms with Gasteiger partial charge in [-0.3, -0.25) is 4.79 Å². The minimum Gasteiger partial charge on any atom is -0.337 e. The van der Waals surface area contributed by atoms with Crippen molar-refractivity contribution in [3.8, 4) is 0 Å². The second-order valence-electron chi connectivity index (χ2n) is 3.51. The van der Waals surface area contributed by atoms with Crippen LogP contribution < -0.4 is 0 Å². The molecule has 1 aromatic rings. The van der Waals surface area contributed by atoms with Crippen LogP contribution in [0.4, 0.5) is 0 Å². The van der Waals surface area contributed by atoms with Crippen molar-refractivity contribution in [1.29, 1.82) is 0 Å². The largest absolute Gasteiger partial charge is 0.337 e. The summed E-state index contributed by atoms with van der Waals surface area (Å²) in [7, 11) is 0. The molecule has 5 heteroatoms. The van der Waals surface area contributed by atoms with Gasteiger partial charge in [0.05, 0.1) is 10.6 Å². The summed E-state index contributed by atoms with van der Waals surface area (Å²) in [4.78, 5) is 14.0. The van der Waals surface area contributed by atoms with Crippen molar-refractivity contribution in [3.63, 3.8) is 0 Å². The van der Waals surface area contributed by atoms with Crippen LogP contribution in [0.1, 0.15) is 10.4 Å². The number of thioether (sulfide) groups is 1. The highest BCUT2D eigenvalue weighted by Crippen LogP contribution is 2.27. The zero-order chi connectivity index (χ0) is 11.5. The monoisotopic (exact) mass is 319 g/mol. The zero-order valence-corrected chi connectivity index (χ0v) is 11.7. The molecule has 0 unspecified atom stereocenters. The molecule has 0 aromatic heterocycles. The molecular weight excluding hydrogens is 310 g/mol. The Labute approximate surface area is 112 Å². The van der Waals surface area contributed by atoms with Crippen LogP contribution in [0.2, 0.25) is 5.02 Å². The molecule has 1 aliphatic rings. The van der Waals surface area contributed by atoms with Crippen LogP contribution in [-0.2, 0) is 0 Å². The van der Waals surface area contributed by atoms with E-state index in [0.29, 0.717) is 10.6 Å². The number of benzene rings is 1. The van der Waals surface area contributed by atoms with Crippen molar-refractivity contribution in [2.45, 2.75) is 0 Å². The Hall–Kier alpha value is -0.190. The number of hydrogen-bond donors (Lipinski definition) is 0. The van der Waals surface area contributed by atoms with E-state index in [2.05, 4.69) is 15.9 Å². The number of hydrogen-bond acceptors (Lipinski definition) is 2. The molecule has 0 bridgehead atoms. The first kappa shape index (κ1) is 12.3. The van der Waals surface area contributed by atoms with Gasteiger partial charge in [-0.25, -0.2) is 0 Å². The molecule has 86 valence electrons. The molecule has 0 radical (unpaired) electrons. The third-order valence-electron chi connectivity index (χ3n) is 2.48. The van der Waals surface area contributed by atoms with E-state index in [4.69, 9.17) is 11.6 Å². The summed E-state index contributed by atoms with van der Waals surface area (Å²) in [6.07, 6.45) is 0. The van der Waals surface area contributed by atoms with Crippen LogP contribution in [0.3, 0.4) is 0 Å². The Morgan fingerprint density at radius 3 is 2.75 bits per heavy atom. The second-order valence-corrected chi connectivity index (χ2v) is 5.96. The van der Waals surface area contributed by atoms with Gasteiger partial charge in [0, 0.05) is 29.1 Å². The van der Waals surface area contributed by atoms with Crippen LogP contribution in [-0.4, -0.2) is 35.4 Å². The molecule has 0 N–H and O–H groups in total. The Morgan fingerprint density at radius 1 is 1.38 bits per heavy atom. The van der Waals surface area contributed by atoms with Crippen molar-refractivity contribution in [2.75, 3.05) is 24.6 Å². The Morgan fingerprint density at radius 2 is 2.06 bits per heavy atom. The molecule has 0 spiro atoms. The van der Waals surface area contributed by atoms with E-state index in [9.17, 15) is 4.79 Å². The molecule has 0 saturated carbocycles. The minimum atomic E-state index is 0.0339. The average molecular weight is 321 g/mol. The van der Waals surface area contributed by atoms with Gasteiger partial charge in [-0.1, -0.05) is 17.7 Å². The van der Waals surface area contributed by atoms with Crippen LogP contribution >= 0.6 is 39.3 Å². The summed E-state index contributed by atoms with van der Waals surface area (Å²) < 4.78 is 0.770. The van der Waals surface area contributed by atoms with Gasteiger partial charge in [0.15, 0.2) is 0 Å². The normalized spacial score (nSPS) is 16.2. The summed E-state index contributed by atoms with van der Waals surface area (Å²) in [5.41, 5.74) is 0.586. The van der Waals surface area contributed by atoms with Gasteiger partial charge in [-0.05, 0) is 28.1 Å². The molecule has 0 aliphatic carbocycles. The fourth-order valence-corrected chi connectivity index (χ4v) is 3.08. The molecule has 0 atom stereocenters. The molecule has 1 fully saturated rings. The highest BCUT2D eigenvalue weighted by molar-refractivity contribution is 9.10. The number of amides is 1. The lowest BCUT2D eigenvalue weighted by Gasteiger charge is -2.26. The van der Waals surface area contributed by atoms with E-state index in [1.165, 1.54) is 0 Å². The molecular formula is C11H11BrClNOS. The maximum atomic E-state index is 12.2. The van der Waals surface area contributed by atoms with Gasteiger partial charge in [0.1, 0.15) is 0 Å². The van der Waals surface area contributed by atoms with Gasteiger partial charge in [0.2, 0.25) is 0 Å². The van der Waals surface area contributed by atoms with Crippen molar-refractivity contribution in [2.24, 2.45) is 0 Å². The van der Waals surface area contributed by atoms with Gasteiger partial charge in [-0.15, -0.1) is 0 Å². The number of carbonyl (C=O) groups excluding carboxylic acids is 1. The first-order valence-corrected chi connectivity index (χ1v) is 7.34. The van der Waals surface area contributed by atoms with Crippen molar-refractivity contribution in [3.05, 3.63) is 33.3 Å². The molecule has 2 nitrogen and oxygen atoms in total. The van der Waals surface area contributed by atoms with E-state index >= 15 is 0 Å². The lowest BCUT2D eigenvalue weighted by Crippen LogP contribution is -2.38. The van der Waals surface area contributed by atoms with Crippen molar-refractivity contribution in [1.82, 2.24) is 4.90 Å². The summed E-state index contributed by atoms with van der Waals surface area (Å²) in [5, 5.41) is 0.505. The number of carbonyl (C=O) groups is 1. The van der Waals surface area contributed by atoms with Crippen molar-refractivity contribution < 1.29 is 4.79 Å². The Kier molecular flexibility index (Phi) is 4.16. The topological polar surface area (TPSA) is 20.3 Å². The Balaban J connectivity index is 2.22. The predicted molar refractivity (Wildman–Crippen MR) is 72.4 cm³/mol. The fraction of sp³-hybridized carbons (Fsp3) is 0.364. The fourth-order valence-electron chi connectivity index (χ4n) is 1.61. The van der Waals surface area contributed by atoms with E-state index in [1.807, 2.05) is 28.8 Å². The lowest BCUT2D eigenvalue weighted by atomic mass is 10.2. The van der Waals surface area contributed by atoms with Gasteiger partial charge < -0.3 is 4.90 Å². The molecule has 1 amide bonds. The number of halogens is 2. The van der Waals surface area contributed by atoms with Gasteiger partial charge >= 0.3 is 0 Å². The first-order valence-electron chi connectivity index (χ1n) is 5.01. The smallest absolute Gasteiger partial charge is 0.255 e. The SMILES string of the molecule is O=C(c1cccc(Br)c1Cl)N1CCSCC1. The minimum absolute atomic E-state index is 0.0339. The Bertz CT molecular complexity index is 407. The lowest BCUT2D eigenvalue weighted by molar-refractivity contribution is 0.0772. The molecule has 16 heavy (non-hydrogen) atoms. The standard InChI is InChI=1S/C11H11BrClNOS/c12-9-3-1-2-8(10(9)13)11(15)14-4-6-16-7-5-14/h1-3H,4-7H2. The van der Waals surface area contributed by atoms with Gasteiger partial charge in [-0.2, -0.15) is 11.8 Å². The number of rotatable bonds is 1. The summed E-state index contributed by atoms with van der Waals surface area (Å²) in [5.74, 6) is 2.06. The maximum absolute atomic E-state index is 12.2.